The third kappa shape index (κ3) is 1.54. The Bertz CT molecular complexity index is 176. The summed E-state index contributed by atoms with van der Waals surface area (Å²) in [5.74, 6) is 0. The minimum atomic E-state index is -0.139. The van der Waals surface area contributed by atoms with Crippen LogP contribution in [-0.4, -0.2) is 0 Å². The number of hydrogen-bond acceptors (Lipinski definition) is 0. The predicted octanol–water partition coefficient (Wildman–Crippen LogP) is 1.80. The Balaban J connectivity index is 2.88. The van der Waals surface area contributed by atoms with Crippen LogP contribution in [0.1, 0.15) is 11.1 Å². The molecule has 1 nitrogen and oxygen atoms in total. The topological polar surface area (TPSA) is 19.9 Å². The molecule has 0 N–H and O–H groups in total. The van der Waals surface area contributed by atoms with Gasteiger partial charge in [0.15, 0.2) is 0 Å². The van der Waals surface area contributed by atoms with Gasteiger partial charge in [-0.15, -0.1) is 0 Å². The molecule has 0 bridgehead atoms. The summed E-state index contributed by atoms with van der Waals surface area (Å²) in [4.78, 5) is 0. The lowest BCUT2D eigenvalue weighted by molar-refractivity contribution is 0.177. The van der Waals surface area contributed by atoms with E-state index in [2.05, 4.69) is 6.92 Å². The van der Waals surface area contributed by atoms with E-state index in [-0.39, 0.29) is 6.61 Å². The van der Waals surface area contributed by atoms with Crippen molar-refractivity contribution in [2.75, 3.05) is 0 Å². The standard InChI is InChI=1S/C8H8O/c1-7-2-4-8(6-9)5-3-7/h2-5H,1,6H2. The van der Waals surface area contributed by atoms with Crippen LogP contribution in [0.2, 0.25) is 0 Å². The molecule has 0 heterocycles. The van der Waals surface area contributed by atoms with Crippen molar-refractivity contribution >= 4 is 0 Å². The molecule has 0 aliphatic rings. The van der Waals surface area contributed by atoms with Gasteiger partial charge >= 0.3 is 0 Å². The average molecular weight is 120 g/mol. The van der Waals surface area contributed by atoms with E-state index >= 15 is 0 Å². The van der Waals surface area contributed by atoms with Crippen LogP contribution in [0.5, 0.6) is 0 Å². The maximum absolute atomic E-state index is 10.2. The monoisotopic (exact) mass is 120 g/mol. The van der Waals surface area contributed by atoms with E-state index in [0.29, 0.717) is 0 Å². The Kier molecular flexibility index (Phi) is 1.85. The fraction of sp³-hybridized carbons (Fsp3) is 0.125. The highest BCUT2D eigenvalue weighted by molar-refractivity contribution is 5.23. The third-order valence-electron chi connectivity index (χ3n) is 1.19. The molecule has 9 heavy (non-hydrogen) atoms. The highest BCUT2D eigenvalue weighted by Crippen LogP contribution is 2.01. The SMILES string of the molecule is [CH2]c1ccc(C[O])cc1. The van der Waals surface area contributed by atoms with Crippen molar-refractivity contribution in [1.29, 1.82) is 0 Å². The van der Waals surface area contributed by atoms with Crippen molar-refractivity contribution in [3.63, 3.8) is 0 Å². The molecule has 0 saturated carbocycles. The highest BCUT2D eigenvalue weighted by Gasteiger charge is 1.87. The van der Waals surface area contributed by atoms with Crippen LogP contribution in [0.3, 0.4) is 0 Å². The first-order chi connectivity index (χ1) is 4.33. The van der Waals surface area contributed by atoms with Gasteiger partial charge in [-0.1, -0.05) is 24.3 Å². The van der Waals surface area contributed by atoms with Gasteiger partial charge in [0.05, 0.1) is 0 Å². The van der Waals surface area contributed by atoms with Gasteiger partial charge in [0.2, 0.25) is 0 Å². The van der Waals surface area contributed by atoms with Gasteiger partial charge in [0.1, 0.15) is 6.61 Å². The number of benzene rings is 1. The molecule has 0 spiro atoms. The molecular weight excluding hydrogens is 112 g/mol. The summed E-state index contributed by atoms with van der Waals surface area (Å²) < 4.78 is 0. The Morgan fingerprint density at radius 1 is 1.22 bits per heavy atom. The zero-order valence-corrected chi connectivity index (χ0v) is 5.13. The molecule has 0 aliphatic carbocycles. The largest absolute Gasteiger partial charge is 0.232 e. The van der Waals surface area contributed by atoms with Crippen LogP contribution in [0, 0.1) is 6.92 Å². The smallest absolute Gasteiger partial charge is 0.107 e. The fourth-order valence-electron chi connectivity index (χ4n) is 0.635. The molecule has 46 valence electrons. The van der Waals surface area contributed by atoms with Gasteiger partial charge in [-0.05, 0) is 18.1 Å². The molecule has 0 unspecified atom stereocenters. The summed E-state index contributed by atoms with van der Waals surface area (Å²) in [5, 5.41) is 10.2. The van der Waals surface area contributed by atoms with Gasteiger partial charge in [0, 0.05) is 0 Å². The van der Waals surface area contributed by atoms with E-state index in [1.54, 1.807) is 12.1 Å². The summed E-state index contributed by atoms with van der Waals surface area (Å²) >= 11 is 0. The molecule has 1 heteroatoms. The summed E-state index contributed by atoms with van der Waals surface area (Å²) in [5.41, 5.74) is 1.77. The molecule has 1 rings (SSSR count). The summed E-state index contributed by atoms with van der Waals surface area (Å²) in [6, 6.07) is 7.28. The summed E-state index contributed by atoms with van der Waals surface area (Å²) in [6.45, 7) is 3.56. The molecule has 0 atom stereocenters. The first-order valence-electron chi connectivity index (χ1n) is 2.82. The Hall–Kier alpha value is -0.820. The lowest BCUT2D eigenvalue weighted by Crippen LogP contribution is -1.79. The molecule has 0 aromatic heterocycles. The maximum atomic E-state index is 10.2. The minimum absolute atomic E-state index is 0.139. The van der Waals surface area contributed by atoms with Crippen LogP contribution >= 0.6 is 0 Å². The van der Waals surface area contributed by atoms with E-state index < -0.39 is 0 Å². The van der Waals surface area contributed by atoms with Crippen molar-refractivity contribution in [3.8, 4) is 0 Å². The fourth-order valence-corrected chi connectivity index (χ4v) is 0.635. The van der Waals surface area contributed by atoms with Crippen LogP contribution < -0.4 is 0 Å². The second-order valence-corrected chi connectivity index (χ2v) is 1.96. The molecule has 1 aromatic carbocycles. The van der Waals surface area contributed by atoms with Crippen LogP contribution in [-0.2, 0) is 11.7 Å². The molecule has 0 amide bonds. The molecule has 1 aromatic rings. The minimum Gasteiger partial charge on any atom is -0.232 e. The molecule has 0 saturated heterocycles. The average Bonchev–Trinajstić information content (AvgIpc) is 1.90. The predicted molar refractivity (Wildman–Crippen MR) is 35.3 cm³/mol. The molecule has 0 aliphatic heterocycles. The van der Waals surface area contributed by atoms with Gasteiger partial charge in [-0.3, -0.25) is 0 Å². The zero-order valence-electron chi connectivity index (χ0n) is 5.13. The first kappa shape index (κ1) is 6.30. The second kappa shape index (κ2) is 2.65. The Labute approximate surface area is 55.0 Å². The Morgan fingerprint density at radius 3 is 2.22 bits per heavy atom. The lowest BCUT2D eigenvalue weighted by atomic mass is 10.2. The van der Waals surface area contributed by atoms with Gasteiger partial charge in [0.25, 0.3) is 0 Å². The quantitative estimate of drug-likeness (QED) is 0.538. The maximum Gasteiger partial charge on any atom is 0.107 e. The molecule has 0 fully saturated rings. The summed E-state index contributed by atoms with van der Waals surface area (Å²) in [6.07, 6.45) is 0. The van der Waals surface area contributed by atoms with E-state index in [1.165, 1.54) is 0 Å². The van der Waals surface area contributed by atoms with Crippen LogP contribution in [0.15, 0.2) is 24.3 Å². The number of rotatable bonds is 1. The second-order valence-electron chi connectivity index (χ2n) is 1.96. The normalized spacial score (nSPS) is 9.56. The van der Waals surface area contributed by atoms with E-state index in [1.807, 2.05) is 12.1 Å². The van der Waals surface area contributed by atoms with E-state index in [9.17, 15) is 5.11 Å². The molecular formula is C8H8O. The van der Waals surface area contributed by atoms with Crippen molar-refractivity contribution in [2.24, 2.45) is 0 Å². The van der Waals surface area contributed by atoms with Crippen LogP contribution in [0.4, 0.5) is 0 Å². The first-order valence-corrected chi connectivity index (χ1v) is 2.82. The van der Waals surface area contributed by atoms with E-state index in [4.69, 9.17) is 0 Å². The van der Waals surface area contributed by atoms with Gasteiger partial charge in [-0.2, -0.15) is 0 Å². The van der Waals surface area contributed by atoms with E-state index in [0.717, 1.165) is 11.1 Å². The van der Waals surface area contributed by atoms with Crippen molar-refractivity contribution in [1.82, 2.24) is 0 Å². The van der Waals surface area contributed by atoms with Crippen molar-refractivity contribution < 1.29 is 5.11 Å². The summed E-state index contributed by atoms with van der Waals surface area (Å²) in [7, 11) is 0. The number of hydrogen-bond donors (Lipinski definition) is 0. The van der Waals surface area contributed by atoms with Gasteiger partial charge in [-0.25, -0.2) is 5.11 Å². The van der Waals surface area contributed by atoms with Crippen molar-refractivity contribution in [2.45, 2.75) is 6.61 Å². The van der Waals surface area contributed by atoms with Crippen molar-refractivity contribution in [3.05, 3.63) is 42.3 Å². The van der Waals surface area contributed by atoms with Crippen LogP contribution in [0.25, 0.3) is 0 Å². The Morgan fingerprint density at radius 2 is 1.78 bits per heavy atom. The van der Waals surface area contributed by atoms with Gasteiger partial charge < -0.3 is 0 Å². The zero-order chi connectivity index (χ0) is 6.69. The highest BCUT2D eigenvalue weighted by atomic mass is 16.3. The third-order valence-corrected chi connectivity index (χ3v) is 1.19. The molecule has 2 radical (unpaired) electrons. The lowest BCUT2D eigenvalue weighted by Gasteiger charge is -1.92.